The fraction of sp³-hybridized carbons (Fsp3) is 0.476. The Morgan fingerprint density at radius 1 is 1.15 bits per heavy atom. The van der Waals surface area contributed by atoms with E-state index in [1.807, 2.05) is 31.2 Å². The monoisotopic (exact) mass is 350 g/mol. The van der Waals surface area contributed by atoms with Gasteiger partial charge in [0.2, 0.25) is 5.91 Å². The van der Waals surface area contributed by atoms with Crippen molar-refractivity contribution in [1.29, 1.82) is 0 Å². The second kappa shape index (κ2) is 6.71. The Balaban J connectivity index is 1.40. The topological polar surface area (TPSA) is 49.3 Å². The minimum Gasteiger partial charge on any atom is -0.356 e. The number of carbonyl (C=O) groups excluding carboxylic acids is 1. The molecule has 1 saturated heterocycles. The molecule has 5 heteroatoms. The summed E-state index contributed by atoms with van der Waals surface area (Å²) in [5.41, 5.74) is 1.91. The van der Waals surface area contributed by atoms with Crippen LogP contribution < -0.4 is 4.90 Å². The second-order valence-electron chi connectivity index (χ2n) is 7.60. The quantitative estimate of drug-likeness (QED) is 0.851. The number of amides is 1. The lowest BCUT2D eigenvalue weighted by Crippen LogP contribution is -2.48. The Morgan fingerprint density at radius 2 is 1.85 bits per heavy atom. The number of benzene rings is 1. The zero-order valence-corrected chi connectivity index (χ0v) is 15.6. The van der Waals surface area contributed by atoms with Gasteiger partial charge in [0.15, 0.2) is 0 Å². The van der Waals surface area contributed by atoms with Crippen molar-refractivity contribution >= 4 is 11.7 Å². The van der Waals surface area contributed by atoms with Crippen molar-refractivity contribution in [2.24, 2.45) is 0 Å². The molecule has 0 spiro atoms. The summed E-state index contributed by atoms with van der Waals surface area (Å²) in [6, 6.07) is 12.7. The second-order valence-corrected chi connectivity index (χ2v) is 7.60. The zero-order valence-electron chi connectivity index (χ0n) is 15.6. The highest BCUT2D eigenvalue weighted by molar-refractivity contribution is 5.91. The number of nitrogens with zero attached hydrogens (tertiary/aromatic N) is 4. The van der Waals surface area contributed by atoms with E-state index >= 15 is 0 Å². The van der Waals surface area contributed by atoms with E-state index in [-0.39, 0.29) is 5.41 Å². The van der Waals surface area contributed by atoms with Gasteiger partial charge in [0.25, 0.3) is 0 Å². The van der Waals surface area contributed by atoms with E-state index in [9.17, 15) is 4.79 Å². The van der Waals surface area contributed by atoms with Gasteiger partial charge in [-0.05, 0) is 38.2 Å². The largest absolute Gasteiger partial charge is 0.356 e. The smallest absolute Gasteiger partial charge is 0.233 e. The Bertz CT molecular complexity index is 780. The average molecular weight is 350 g/mol. The lowest BCUT2D eigenvalue weighted by Gasteiger charge is -2.38. The predicted octanol–water partition coefficient (Wildman–Crippen LogP) is 2.94. The highest BCUT2D eigenvalue weighted by Crippen LogP contribution is 2.49. The summed E-state index contributed by atoms with van der Waals surface area (Å²) in [5, 5.41) is 0. The number of likely N-dealkylation sites (tertiary alicyclic amines) is 1. The number of hydrogen-bond donors (Lipinski definition) is 0. The third-order valence-corrected chi connectivity index (χ3v) is 5.94. The van der Waals surface area contributed by atoms with Gasteiger partial charge in [-0.15, -0.1) is 0 Å². The van der Waals surface area contributed by atoms with E-state index < -0.39 is 0 Å². The van der Waals surface area contributed by atoms with Crippen LogP contribution in [0, 0.1) is 6.92 Å². The van der Waals surface area contributed by atoms with Gasteiger partial charge < -0.3 is 9.80 Å². The van der Waals surface area contributed by atoms with Gasteiger partial charge in [0.1, 0.15) is 12.1 Å². The Morgan fingerprint density at radius 3 is 2.46 bits per heavy atom. The van der Waals surface area contributed by atoms with E-state index in [0.717, 1.165) is 50.3 Å². The summed E-state index contributed by atoms with van der Waals surface area (Å²) < 4.78 is 0. The molecule has 0 unspecified atom stereocenters. The molecule has 1 aromatic carbocycles. The SMILES string of the molecule is Cc1cc(N(C)C2CCN(C(=O)C3(c4ccccc4)CC3)CC2)ncn1. The van der Waals surface area contributed by atoms with Crippen LogP contribution in [0.3, 0.4) is 0 Å². The minimum absolute atomic E-state index is 0.246. The summed E-state index contributed by atoms with van der Waals surface area (Å²) in [4.78, 5) is 26.0. The van der Waals surface area contributed by atoms with Crippen LogP contribution in [0.5, 0.6) is 0 Å². The molecular weight excluding hydrogens is 324 g/mol. The van der Waals surface area contributed by atoms with Gasteiger partial charge in [-0.2, -0.15) is 0 Å². The molecule has 1 amide bonds. The summed E-state index contributed by atoms with van der Waals surface area (Å²) in [6.07, 6.45) is 5.55. The van der Waals surface area contributed by atoms with Crippen molar-refractivity contribution in [2.75, 3.05) is 25.0 Å². The molecule has 1 aromatic heterocycles. The number of anilines is 1. The van der Waals surface area contributed by atoms with Crippen molar-refractivity contribution < 1.29 is 4.79 Å². The molecule has 26 heavy (non-hydrogen) atoms. The summed E-state index contributed by atoms with van der Waals surface area (Å²) in [5.74, 6) is 1.29. The lowest BCUT2D eigenvalue weighted by atomic mass is 9.92. The fourth-order valence-corrected chi connectivity index (χ4v) is 4.09. The lowest BCUT2D eigenvalue weighted by molar-refractivity contribution is -0.135. The standard InChI is InChI=1S/C21H26N4O/c1-16-14-19(23-15-22-16)24(2)18-8-12-25(13-9-18)20(26)21(10-11-21)17-6-4-3-5-7-17/h3-7,14-15,18H,8-13H2,1-2H3. The van der Waals surface area contributed by atoms with Crippen molar-refractivity contribution in [1.82, 2.24) is 14.9 Å². The molecule has 2 aromatic rings. The molecule has 0 N–H and O–H groups in total. The first-order valence-electron chi connectivity index (χ1n) is 9.46. The van der Waals surface area contributed by atoms with Crippen LogP contribution in [-0.4, -0.2) is 47.0 Å². The number of rotatable bonds is 4. The maximum absolute atomic E-state index is 13.2. The minimum atomic E-state index is -0.246. The van der Waals surface area contributed by atoms with Crippen molar-refractivity contribution in [3.05, 3.63) is 54.0 Å². The first-order valence-corrected chi connectivity index (χ1v) is 9.46. The maximum Gasteiger partial charge on any atom is 0.233 e. The normalized spacial score (nSPS) is 19.2. The molecule has 1 saturated carbocycles. The van der Waals surface area contributed by atoms with Crippen LogP contribution in [0.2, 0.25) is 0 Å². The summed E-state index contributed by atoms with van der Waals surface area (Å²) in [7, 11) is 2.09. The first kappa shape index (κ1) is 17.0. The van der Waals surface area contributed by atoms with Gasteiger partial charge >= 0.3 is 0 Å². The maximum atomic E-state index is 13.2. The van der Waals surface area contributed by atoms with Crippen LogP contribution in [0.1, 0.15) is 36.9 Å². The molecule has 2 fully saturated rings. The van der Waals surface area contributed by atoms with Crippen LogP contribution in [0.25, 0.3) is 0 Å². The van der Waals surface area contributed by atoms with Gasteiger partial charge in [0, 0.05) is 37.9 Å². The van der Waals surface area contributed by atoms with E-state index in [1.54, 1.807) is 6.33 Å². The van der Waals surface area contributed by atoms with Gasteiger partial charge in [-0.1, -0.05) is 30.3 Å². The zero-order chi connectivity index (χ0) is 18.1. The average Bonchev–Trinajstić information content (AvgIpc) is 3.50. The molecule has 2 heterocycles. The fourth-order valence-electron chi connectivity index (χ4n) is 4.09. The molecule has 1 aliphatic carbocycles. The van der Waals surface area contributed by atoms with Crippen molar-refractivity contribution in [3.8, 4) is 0 Å². The van der Waals surface area contributed by atoms with Crippen molar-refractivity contribution in [2.45, 2.75) is 44.1 Å². The van der Waals surface area contributed by atoms with Gasteiger partial charge in [-0.3, -0.25) is 4.79 Å². The molecule has 5 nitrogen and oxygen atoms in total. The number of carbonyl (C=O) groups is 1. The summed E-state index contributed by atoms with van der Waals surface area (Å²) in [6.45, 7) is 3.64. The highest BCUT2D eigenvalue weighted by atomic mass is 16.2. The molecule has 1 aliphatic heterocycles. The van der Waals surface area contributed by atoms with Gasteiger partial charge in [0.05, 0.1) is 5.41 Å². The predicted molar refractivity (Wildman–Crippen MR) is 102 cm³/mol. The Labute approximate surface area is 155 Å². The Hall–Kier alpha value is -2.43. The number of aromatic nitrogens is 2. The van der Waals surface area contributed by atoms with Crippen molar-refractivity contribution in [3.63, 3.8) is 0 Å². The molecule has 0 atom stereocenters. The Kier molecular flexibility index (Phi) is 4.39. The molecule has 0 radical (unpaired) electrons. The molecule has 2 aliphatic rings. The molecule has 0 bridgehead atoms. The van der Waals surface area contributed by atoms with E-state index in [4.69, 9.17) is 0 Å². The van der Waals surface area contributed by atoms with E-state index in [1.165, 1.54) is 5.56 Å². The number of piperidine rings is 1. The highest BCUT2D eigenvalue weighted by Gasteiger charge is 2.53. The van der Waals surface area contributed by atoms with E-state index in [2.05, 4.69) is 38.9 Å². The molecular formula is C21H26N4O. The third kappa shape index (κ3) is 3.06. The van der Waals surface area contributed by atoms with E-state index in [0.29, 0.717) is 11.9 Å². The third-order valence-electron chi connectivity index (χ3n) is 5.94. The van der Waals surface area contributed by atoms with Crippen LogP contribution >= 0.6 is 0 Å². The van der Waals surface area contributed by atoms with Crippen LogP contribution in [0.4, 0.5) is 5.82 Å². The molecule has 4 rings (SSSR count). The number of hydrogen-bond acceptors (Lipinski definition) is 4. The van der Waals surface area contributed by atoms with Crippen LogP contribution in [-0.2, 0) is 10.2 Å². The molecule has 136 valence electrons. The summed E-state index contributed by atoms with van der Waals surface area (Å²) >= 11 is 0. The van der Waals surface area contributed by atoms with Crippen LogP contribution in [0.15, 0.2) is 42.7 Å². The van der Waals surface area contributed by atoms with Gasteiger partial charge in [-0.25, -0.2) is 9.97 Å². The number of aryl methyl sites for hydroxylation is 1. The first-order chi connectivity index (χ1) is 12.6.